The molecule has 0 aliphatic heterocycles. The van der Waals surface area contributed by atoms with Crippen LogP contribution in [0.2, 0.25) is 0 Å². The van der Waals surface area contributed by atoms with E-state index in [2.05, 4.69) is 26.1 Å². The molecule has 1 saturated carbocycles. The summed E-state index contributed by atoms with van der Waals surface area (Å²) in [5.41, 5.74) is 0.805. The second-order valence-electron chi connectivity index (χ2n) is 5.69. The van der Waals surface area contributed by atoms with E-state index >= 15 is 0 Å². The third-order valence-electron chi connectivity index (χ3n) is 3.00. The molecule has 1 N–H and O–H groups in total. The van der Waals surface area contributed by atoms with E-state index in [0.29, 0.717) is 16.2 Å². The largest absolute Gasteiger partial charge is 0.319 e. The zero-order valence-electron chi connectivity index (χ0n) is 9.28. The van der Waals surface area contributed by atoms with Crippen LogP contribution in [0.25, 0.3) is 0 Å². The summed E-state index contributed by atoms with van der Waals surface area (Å²) in [5, 5.41) is 3.64. The number of alkyl halides is 1. The molecule has 0 aromatic heterocycles. The molecular weight excluding hydrogens is 182 g/mol. The molecule has 0 radical (unpaired) electrons. The molecule has 2 unspecified atom stereocenters. The highest BCUT2D eigenvalue weighted by atomic mass is 35.5. The Morgan fingerprint density at radius 1 is 1.31 bits per heavy atom. The Labute approximate surface area is 87.2 Å². The molecule has 0 heterocycles. The lowest BCUT2D eigenvalue weighted by atomic mass is 9.64. The van der Waals surface area contributed by atoms with Gasteiger partial charge < -0.3 is 5.32 Å². The first kappa shape index (κ1) is 11.3. The van der Waals surface area contributed by atoms with Crippen LogP contribution in [0.15, 0.2) is 0 Å². The molecule has 0 saturated heterocycles. The summed E-state index contributed by atoms with van der Waals surface area (Å²) < 4.78 is 0. The van der Waals surface area contributed by atoms with Gasteiger partial charge >= 0.3 is 0 Å². The van der Waals surface area contributed by atoms with Crippen molar-refractivity contribution in [1.82, 2.24) is 5.32 Å². The maximum absolute atomic E-state index is 6.29. The lowest BCUT2D eigenvalue weighted by molar-refractivity contribution is 0.103. The molecule has 0 amide bonds. The highest BCUT2D eigenvalue weighted by Gasteiger charge is 2.39. The van der Waals surface area contributed by atoms with Gasteiger partial charge in [0.2, 0.25) is 0 Å². The molecule has 1 fully saturated rings. The Balaban J connectivity index is 2.66. The predicted molar refractivity (Wildman–Crippen MR) is 59.3 cm³/mol. The van der Waals surface area contributed by atoms with E-state index < -0.39 is 0 Å². The van der Waals surface area contributed by atoms with Crippen LogP contribution in [0.5, 0.6) is 0 Å². The molecular formula is C11H22ClN. The van der Waals surface area contributed by atoms with Gasteiger partial charge in [-0.05, 0) is 37.1 Å². The van der Waals surface area contributed by atoms with E-state index in [1.54, 1.807) is 0 Å². The van der Waals surface area contributed by atoms with Gasteiger partial charge in [-0.3, -0.25) is 0 Å². The summed E-state index contributed by atoms with van der Waals surface area (Å²) in [7, 11) is 2.02. The van der Waals surface area contributed by atoms with Crippen LogP contribution in [0, 0.1) is 10.8 Å². The first-order valence-corrected chi connectivity index (χ1v) is 5.59. The van der Waals surface area contributed by atoms with Crippen molar-refractivity contribution in [3.63, 3.8) is 0 Å². The quantitative estimate of drug-likeness (QED) is 0.681. The topological polar surface area (TPSA) is 12.0 Å². The van der Waals surface area contributed by atoms with Crippen molar-refractivity contribution in [2.75, 3.05) is 13.6 Å². The Kier molecular flexibility index (Phi) is 3.29. The monoisotopic (exact) mass is 203 g/mol. The third kappa shape index (κ3) is 3.14. The smallest absolute Gasteiger partial charge is 0.0346 e. The number of rotatable bonds is 2. The van der Waals surface area contributed by atoms with Gasteiger partial charge in [-0.1, -0.05) is 20.8 Å². The van der Waals surface area contributed by atoms with Gasteiger partial charge in [-0.25, -0.2) is 0 Å². The average Bonchev–Trinajstić information content (AvgIpc) is 1.78. The molecule has 13 heavy (non-hydrogen) atoms. The molecule has 0 spiro atoms. The van der Waals surface area contributed by atoms with E-state index in [9.17, 15) is 0 Å². The molecule has 2 atom stereocenters. The Hall–Kier alpha value is 0.250. The van der Waals surface area contributed by atoms with Crippen LogP contribution >= 0.6 is 11.6 Å². The van der Waals surface area contributed by atoms with Crippen molar-refractivity contribution in [3.8, 4) is 0 Å². The second-order valence-corrected chi connectivity index (χ2v) is 6.30. The fourth-order valence-electron chi connectivity index (χ4n) is 3.07. The summed E-state index contributed by atoms with van der Waals surface area (Å²) in [6, 6.07) is 0. The molecule has 0 aromatic carbocycles. The highest BCUT2D eigenvalue weighted by molar-refractivity contribution is 6.20. The Morgan fingerprint density at radius 3 is 2.38 bits per heavy atom. The first-order chi connectivity index (χ1) is 5.87. The number of nitrogens with one attached hydrogen (secondary N) is 1. The van der Waals surface area contributed by atoms with Crippen LogP contribution < -0.4 is 5.32 Å². The van der Waals surface area contributed by atoms with Gasteiger partial charge in [0.25, 0.3) is 0 Å². The minimum Gasteiger partial charge on any atom is -0.319 e. The van der Waals surface area contributed by atoms with E-state index in [1.165, 1.54) is 6.42 Å². The second kappa shape index (κ2) is 3.78. The van der Waals surface area contributed by atoms with Crippen LogP contribution in [0.4, 0.5) is 0 Å². The SMILES string of the molecule is CNCC1(C)CC(Cl)CC(C)(C)C1. The van der Waals surface area contributed by atoms with Crippen LogP contribution in [0.1, 0.15) is 40.0 Å². The van der Waals surface area contributed by atoms with E-state index in [-0.39, 0.29) is 0 Å². The van der Waals surface area contributed by atoms with Crippen LogP contribution in [-0.2, 0) is 0 Å². The molecule has 2 heteroatoms. The molecule has 1 aliphatic rings. The third-order valence-corrected chi connectivity index (χ3v) is 3.31. The molecule has 1 aliphatic carbocycles. The standard InChI is InChI=1S/C11H22ClN/c1-10(2)5-9(12)6-11(3,7-10)8-13-4/h9,13H,5-8H2,1-4H3. The van der Waals surface area contributed by atoms with Crippen molar-refractivity contribution >= 4 is 11.6 Å². The minimum absolute atomic E-state index is 0.363. The van der Waals surface area contributed by atoms with Gasteiger partial charge in [0.1, 0.15) is 0 Å². The molecule has 1 nitrogen and oxygen atoms in total. The fourth-order valence-corrected chi connectivity index (χ4v) is 3.86. The maximum Gasteiger partial charge on any atom is 0.0346 e. The van der Waals surface area contributed by atoms with Crippen molar-refractivity contribution in [2.45, 2.75) is 45.4 Å². The normalized spacial score (nSPS) is 39.0. The first-order valence-electron chi connectivity index (χ1n) is 5.16. The maximum atomic E-state index is 6.29. The van der Waals surface area contributed by atoms with E-state index in [0.717, 1.165) is 19.4 Å². The lowest BCUT2D eigenvalue weighted by Gasteiger charge is -2.45. The molecule has 0 bridgehead atoms. The van der Waals surface area contributed by atoms with Crippen molar-refractivity contribution in [3.05, 3.63) is 0 Å². The summed E-state index contributed by atoms with van der Waals surface area (Å²) in [6.07, 6.45) is 3.59. The zero-order chi connectivity index (χ0) is 10.1. The number of hydrogen-bond donors (Lipinski definition) is 1. The van der Waals surface area contributed by atoms with Gasteiger partial charge in [0, 0.05) is 11.9 Å². The van der Waals surface area contributed by atoms with E-state index in [4.69, 9.17) is 11.6 Å². The minimum atomic E-state index is 0.363. The lowest BCUT2D eigenvalue weighted by Crippen LogP contribution is -2.41. The summed E-state index contributed by atoms with van der Waals surface area (Å²) in [6.45, 7) is 8.09. The van der Waals surface area contributed by atoms with Gasteiger partial charge in [0.15, 0.2) is 0 Å². The predicted octanol–water partition coefficient (Wildman–Crippen LogP) is 3.03. The van der Waals surface area contributed by atoms with Gasteiger partial charge in [-0.2, -0.15) is 0 Å². The van der Waals surface area contributed by atoms with Gasteiger partial charge in [0.05, 0.1) is 0 Å². The van der Waals surface area contributed by atoms with Crippen molar-refractivity contribution in [1.29, 1.82) is 0 Å². The molecule has 0 aromatic rings. The Bertz CT molecular complexity index is 179. The Morgan fingerprint density at radius 2 is 1.92 bits per heavy atom. The van der Waals surface area contributed by atoms with Crippen molar-refractivity contribution in [2.24, 2.45) is 10.8 Å². The van der Waals surface area contributed by atoms with Crippen molar-refractivity contribution < 1.29 is 0 Å². The van der Waals surface area contributed by atoms with Crippen LogP contribution in [0.3, 0.4) is 0 Å². The molecule has 1 rings (SSSR count). The van der Waals surface area contributed by atoms with Crippen LogP contribution in [-0.4, -0.2) is 19.0 Å². The molecule has 78 valence electrons. The fraction of sp³-hybridized carbons (Fsp3) is 1.00. The highest BCUT2D eigenvalue weighted by Crippen LogP contribution is 2.47. The summed E-state index contributed by atoms with van der Waals surface area (Å²) in [5.74, 6) is 0. The summed E-state index contributed by atoms with van der Waals surface area (Å²) in [4.78, 5) is 0. The number of halogens is 1. The summed E-state index contributed by atoms with van der Waals surface area (Å²) >= 11 is 6.29. The van der Waals surface area contributed by atoms with Gasteiger partial charge in [-0.15, -0.1) is 11.6 Å². The number of hydrogen-bond acceptors (Lipinski definition) is 1. The van der Waals surface area contributed by atoms with E-state index in [1.807, 2.05) is 7.05 Å². The average molecular weight is 204 g/mol. The zero-order valence-corrected chi connectivity index (χ0v) is 10.0.